The summed E-state index contributed by atoms with van der Waals surface area (Å²) >= 11 is 6.61. The number of nitrogens with zero attached hydrogens (tertiary/aromatic N) is 4. The molecule has 2 heterocycles. The largest absolute Gasteiger partial charge is 0.487 e. The first kappa shape index (κ1) is 26.5. The minimum absolute atomic E-state index is 0.134. The van der Waals surface area contributed by atoms with Crippen LogP contribution < -0.4 is 4.74 Å². The Morgan fingerprint density at radius 2 is 1.97 bits per heavy atom. The molecule has 1 aromatic heterocycles. The summed E-state index contributed by atoms with van der Waals surface area (Å²) in [6.07, 6.45) is -0.432. The predicted octanol–water partition coefficient (Wildman–Crippen LogP) is 5.84. The summed E-state index contributed by atoms with van der Waals surface area (Å²) in [4.78, 5) is 12.3. The van der Waals surface area contributed by atoms with Gasteiger partial charge in [0, 0.05) is 24.5 Å². The lowest BCUT2D eigenvalue weighted by molar-refractivity contribution is -0.137. The molecule has 200 valence electrons. The molecule has 38 heavy (non-hydrogen) atoms. The quantitative estimate of drug-likeness (QED) is 0.271. The van der Waals surface area contributed by atoms with E-state index in [0.717, 1.165) is 27.7 Å². The fraction of sp³-hybridized carbons (Fsp3) is 0.296. The first-order valence-electron chi connectivity index (χ1n) is 12.1. The zero-order chi connectivity index (χ0) is 27.2. The van der Waals surface area contributed by atoms with Crippen LogP contribution in [-0.2, 0) is 18.4 Å². The minimum atomic E-state index is -3.36. The number of aryl methyl sites for hydroxylation is 2. The van der Waals surface area contributed by atoms with Crippen LogP contribution in [0.1, 0.15) is 41.5 Å². The van der Waals surface area contributed by atoms with Crippen molar-refractivity contribution < 1.29 is 23.7 Å². The number of hydrogen-bond donors (Lipinski definition) is 3. The van der Waals surface area contributed by atoms with Gasteiger partial charge in [-0.3, -0.25) is 13.9 Å². The Hall–Kier alpha value is -3.15. The van der Waals surface area contributed by atoms with Gasteiger partial charge in [-0.15, -0.1) is 15.9 Å². The highest BCUT2D eigenvalue weighted by Crippen LogP contribution is 2.57. The highest BCUT2D eigenvalue weighted by atomic mass is 35.5. The molecule has 0 saturated carbocycles. The molecule has 1 aliphatic rings. The Labute approximate surface area is 227 Å². The van der Waals surface area contributed by atoms with Gasteiger partial charge in [-0.1, -0.05) is 47.1 Å². The van der Waals surface area contributed by atoms with Crippen molar-refractivity contribution in [3.63, 3.8) is 0 Å². The molecule has 11 heteroatoms. The molecule has 9 nitrogen and oxygen atoms in total. The van der Waals surface area contributed by atoms with Gasteiger partial charge in [0.25, 0.3) is 0 Å². The highest BCUT2D eigenvalue weighted by molar-refractivity contribution is 8.22. The van der Waals surface area contributed by atoms with Crippen LogP contribution in [0.4, 0.5) is 0 Å². The molecule has 5 rings (SSSR count). The molecular formula is C27H29ClN4O5S. The predicted molar refractivity (Wildman–Crippen MR) is 147 cm³/mol. The van der Waals surface area contributed by atoms with Crippen molar-refractivity contribution >= 4 is 39.4 Å². The van der Waals surface area contributed by atoms with E-state index in [9.17, 15) is 19.0 Å². The monoisotopic (exact) mass is 556 g/mol. The van der Waals surface area contributed by atoms with Crippen molar-refractivity contribution in [3.05, 3.63) is 81.9 Å². The number of para-hydroxylation sites is 1. The number of carbonyl (C=O) groups is 1. The number of ether oxygens (including phenoxy) is 1. The summed E-state index contributed by atoms with van der Waals surface area (Å²) in [7, 11) is -1.55. The second kappa shape index (κ2) is 10.2. The maximum Gasteiger partial charge on any atom is 0.304 e. The number of rotatable bonds is 6. The normalized spacial score (nSPS) is 18.8. The summed E-state index contributed by atoms with van der Waals surface area (Å²) in [6, 6.07) is 16.1. The van der Waals surface area contributed by atoms with E-state index in [2.05, 4.69) is 10.3 Å². The Kier molecular flexibility index (Phi) is 7.10. The maximum absolute atomic E-state index is 11.9. The van der Waals surface area contributed by atoms with Crippen LogP contribution in [0.25, 0.3) is 11.0 Å². The fourth-order valence-electron chi connectivity index (χ4n) is 5.04. The minimum Gasteiger partial charge on any atom is -0.487 e. The van der Waals surface area contributed by atoms with Gasteiger partial charge in [-0.25, -0.2) is 4.68 Å². The number of halogens is 1. The molecule has 1 aliphatic heterocycles. The van der Waals surface area contributed by atoms with Crippen molar-refractivity contribution in [3.8, 4) is 5.75 Å². The molecule has 3 aromatic carbocycles. The van der Waals surface area contributed by atoms with Crippen LogP contribution >= 0.6 is 22.4 Å². The van der Waals surface area contributed by atoms with Crippen molar-refractivity contribution in [1.82, 2.24) is 19.3 Å². The summed E-state index contributed by atoms with van der Waals surface area (Å²) in [5.41, 5.74) is 4.70. The van der Waals surface area contributed by atoms with Gasteiger partial charge in [0.2, 0.25) is 0 Å². The van der Waals surface area contributed by atoms with Crippen molar-refractivity contribution in [2.45, 2.75) is 43.7 Å². The molecule has 0 amide bonds. The number of aliphatic carboxylic acids is 1. The first-order chi connectivity index (χ1) is 18.1. The third-order valence-electron chi connectivity index (χ3n) is 6.95. The second-order valence-corrected chi connectivity index (χ2v) is 12.0. The number of carboxylic acid groups (broad SMARTS) is 1. The van der Waals surface area contributed by atoms with Gasteiger partial charge in [0.1, 0.15) is 22.3 Å². The van der Waals surface area contributed by atoms with E-state index in [-0.39, 0.29) is 25.6 Å². The van der Waals surface area contributed by atoms with Crippen LogP contribution in [0.2, 0.25) is 5.02 Å². The molecule has 0 radical (unpaired) electrons. The van der Waals surface area contributed by atoms with Crippen LogP contribution in [0.3, 0.4) is 0 Å². The van der Waals surface area contributed by atoms with Gasteiger partial charge in [-0.2, -0.15) is 4.31 Å². The molecule has 2 atom stereocenters. The van der Waals surface area contributed by atoms with E-state index in [1.165, 1.54) is 0 Å². The van der Waals surface area contributed by atoms with E-state index >= 15 is 0 Å². The summed E-state index contributed by atoms with van der Waals surface area (Å²) in [5, 5.41) is 18.6. The number of fused-ring (bicyclic) bond motifs is 2. The van der Waals surface area contributed by atoms with Gasteiger partial charge >= 0.3 is 5.97 Å². The van der Waals surface area contributed by atoms with Crippen molar-refractivity contribution in [2.75, 3.05) is 6.54 Å². The molecule has 0 aliphatic carbocycles. The lowest BCUT2D eigenvalue weighted by Crippen LogP contribution is -2.33. The Balaban J connectivity index is 1.54. The molecule has 1 unspecified atom stereocenters. The third kappa shape index (κ3) is 4.85. The fourth-order valence-corrected chi connectivity index (χ4v) is 6.88. The topological polar surface area (TPSA) is 121 Å². The summed E-state index contributed by atoms with van der Waals surface area (Å²) in [6.45, 7) is 4.19. The van der Waals surface area contributed by atoms with Gasteiger partial charge < -0.3 is 9.84 Å². The standard InChI is InChI=1S/C27H29ClN4O5S/c1-16-14-32(38(35,36)25-7-5-4-6-24(25)37-16)15-19-12-18(8-10-22(19)28)21(13-26(33)34)20-9-11-23-27(17(20)2)29-30-31(23)3/h4-12,16,21,35-36H,13-15H2,1-3H3,(H,33,34)/t16-,21?/m1/s1. The average Bonchev–Trinajstić information content (AvgIpc) is 3.21. The van der Waals surface area contributed by atoms with E-state index in [1.807, 2.05) is 45.2 Å². The van der Waals surface area contributed by atoms with E-state index in [1.54, 1.807) is 39.3 Å². The van der Waals surface area contributed by atoms with Crippen LogP contribution in [0.15, 0.2) is 59.5 Å². The third-order valence-corrected chi connectivity index (χ3v) is 9.24. The zero-order valence-corrected chi connectivity index (χ0v) is 22.8. The molecular weight excluding hydrogens is 528 g/mol. The van der Waals surface area contributed by atoms with Gasteiger partial charge in [0.15, 0.2) is 0 Å². The lowest BCUT2D eigenvalue weighted by Gasteiger charge is -2.41. The number of benzene rings is 3. The number of aromatic nitrogens is 3. The molecule has 0 bridgehead atoms. The smallest absolute Gasteiger partial charge is 0.304 e. The molecule has 0 saturated heterocycles. The summed E-state index contributed by atoms with van der Waals surface area (Å²) in [5.74, 6) is -0.962. The second-order valence-electron chi connectivity index (χ2n) is 9.58. The molecule has 0 spiro atoms. The van der Waals surface area contributed by atoms with Crippen LogP contribution in [-0.4, -0.2) is 52.1 Å². The lowest BCUT2D eigenvalue weighted by atomic mass is 9.85. The Morgan fingerprint density at radius 3 is 2.74 bits per heavy atom. The average molecular weight is 557 g/mol. The van der Waals surface area contributed by atoms with Crippen molar-refractivity contribution in [1.29, 1.82) is 0 Å². The Bertz CT molecular complexity index is 1520. The van der Waals surface area contributed by atoms with Gasteiger partial charge in [0.05, 0.1) is 18.5 Å². The number of carboxylic acids is 1. The van der Waals surface area contributed by atoms with Crippen LogP contribution in [0.5, 0.6) is 5.75 Å². The zero-order valence-electron chi connectivity index (χ0n) is 21.2. The Morgan fingerprint density at radius 1 is 1.21 bits per heavy atom. The SMILES string of the molecule is Cc1c(C(CC(=O)O)c2ccc(Cl)c(CN3C[C@@H](C)Oc4ccccc4S3(O)O)c2)ccc2c1nnn2C. The van der Waals surface area contributed by atoms with E-state index in [0.29, 0.717) is 21.2 Å². The molecule has 0 fully saturated rings. The maximum atomic E-state index is 11.9. The highest BCUT2D eigenvalue weighted by Gasteiger charge is 2.34. The van der Waals surface area contributed by atoms with E-state index in [4.69, 9.17) is 16.3 Å². The van der Waals surface area contributed by atoms with Gasteiger partial charge in [-0.05, 0) is 60.4 Å². The number of hydrogen-bond acceptors (Lipinski definition) is 7. The first-order valence-corrected chi connectivity index (χ1v) is 14.0. The molecule has 3 N–H and O–H groups in total. The molecule has 4 aromatic rings. The summed E-state index contributed by atoms with van der Waals surface area (Å²) < 4.78 is 31.8. The van der Waals surface area contributed by atoms with Crippen molar-refractivity contribution in [2.24, 2.45) is 7.05 Å². The van der Waals surface area contributed by atoms with E-state index < -0.39 is 22.7 Å². The van der Waals surface area contributed by atoms with Crippen LogP contribution in [0, 0.1) is 6.92 Å².